The van der Waals surface area contributed by atoms with Crippen LogP contribution in [0.1, 0.15) is 12.5 Å². The van der Waals surface area contributed by atoms with Crippen molar-refractivity contribution in [1.29, 1.82) is 0 Å². The molecule has 5 heteroatoms. The molecule has 1 amide bonds. The molecule has 2 rings (SSSR count). The number of aromatic nitrogens is 2. The van der Waals surface area contributed by atoms with Crippen LogP contribution in [-0.4, -0.2) is 15.9 Å². The van der Waals surface area contributed by atoms with Crippen molar-refractivity contribution in [3.05, 3.63) is 29.0 Å². The number of hydrogen-bond acceptors (Lipinski definition) is 2. The molecule has 4 nitrogen and oxygen atoms in total. The zero-order chi connectivity index (χ0) is 10.8. The molecule has 0 radical (unpaired) electrons. The van der Waals surface area contributed by atoms with E-state index in [1.54, 1.807) is 6.20 Å². The summed E-state index contributed by atoms with van der Waals surface area (Å²) in [5.41, 5.74) is 1.76. The number of H-pyrrole nitrogens is 1. The highest BCUT2D eigenvalue weighted by Gasteiger charge is 2.05. The normalized spacial score (nSPS) is 10.5. The molecule has 0 aliphatic heterocycles. The van der Waals surface area contributed by atoms with E-state index >= 15 is 0 Å². The lowest BCUT2D eigenvalue weighted by molar-refractivity contribution is -0.119. The third kappa shape index (κ3) is 2.10. The number of nitrogens with zero attached hydrogens (tertiary/aromatic N) is 1. The van der Waals surface area contributed by atoms with Gasteiger partial charge in [0.05, 0.1) is 5.02 Å². The fraction of sp³-hybridized carbons (Fsp3) is 0.200. The van der Waals surface area contributed by atoms with Crippen LogP contribution in [0.25, 0.3) is 11.0 Å². The summed E-state index contributed by atoms with van der Waals surface area (Å²) < 4.78 is 0. The van der Waals surface area contributed by atoms with E-state index in [4.69, 9.17) is 11.6 Å². The van der Waals surface area contributed by atoms with Gasteiger partial charge in [0.15, 0.2) is 0 Å². The van der Waals surface area contributed by atoms with Crippen LogP contribution in [0, 0.1) is 0 Å². The van der Waals surface area contributed by atoms with Crippen molar-refractivity contribution in [2.45, 2.75) is 13.5 Å². The van der Waals surface area contributed by atoms with Crippen molar-refractivity contribution in [3.8, 4) is 0 Å². The molecule has 0 fully saturated rings. The maximum Gasteiger partial charge on any atom is 0.217 e. The Hall–Kier alpha value is -1.55. The van der Waals surface area contributed by atoms with Crippen LogP contribution < -0.4 is 5.32 Å². The average molecular weight is 224 g/mol. The first-order valence-corrected chi connectivity index (χ1v) is 4.90. The van der Waals surface area contributed by atoms with Crippen molar-refractivity contribution in [2.75, 3.05) is 0 Å². The number of carbonyl (C=O) groups is 1. The molecular formula is C10H10ClN3O. The van der Waals surface area contributed by atoms with E-state index in [1.165, 1.54) is 6.92 Å². The fourth-order valence-corrected chi connectivity index (χ4v) is 1.56. The van der Waals surface area contributed by atoms with Crippen LogP contribution in [0.5, 0.6) is 0 Å². The smallest absolute Gasteiger partial charge is 0.217 e. The lowest BCUT2D eigenvalue weighted by atomic mass is 10.2. The molecule has 0 saturated heterocycles. The molecule has 0 saturated carbocycles. The van der Waals surface area contributed by atoms with Gasteiger partial charge in [-0.15, -0.1) is 0 Å². The van der Waals surface area contributed by atoms with Crippen molar-refractivity contribution in [1.82, 2.24) is 15.3 Å². The molecule has 0 aliphatic carbocycles. The van der Waals surface area contributed by atoms with Crippen LogP contribution in [0.15, 0.2) is 18.5 Å². The zero-order valence-corrected chi connectivity index (χ0v) is 8.93. The van der Waals surface area contributed by atoms with Crippen LogP contribution in [0.4, 0.5) is 0 Å². The van der Waals surface area contributed by atoms with Crippen LogP contribution >= 0.6 is 11.6 Å². The summed E-state index contributed by atoms with van der Waals surface area (Å²) in [7, 11) is 0. The molecular weight excluding hydrogens is 214 g/mol. The largest absolute Gasteiger partial charge is 0.352 e. The number of nitrogens with one attached hydrogen (secondary N) is 2. The first-order valence-electron chi connectivity index (χ1n) is 4.53. The van der Waals surface area contributed by atoms with Crippen LogP contribution in [0.3, 0.4) is 0 Å². The van der Waals surface area contributed by atoms with Crippen molar-refractivity contribution in [3.63, 3.8) is 0 Å². The first kappa shape index (κ1) is 9.98. The lowest BCUT2D eigenvalue weighted by Gasteiger charge is -1.99. The quantitative estimate of drug-likeness (QED) is 0.817. The van der Waals surface area contributed by atoms with Gasteiger partial charge in [0.1, 0.15) is 5.65 Å². The molecule has 15 heavy (non-hydrogen) atoms. The molecule has 2 aromatic heterocycles. The van der Waals surface area contributed by atoms with Gasteiger partial charge in [-0.05, 0) is 11.6 Å². The van der Waals surface area contributed by atoms with Gasteiger partial charge in [-0.1, -0.05) is 11.6 Å². The summed E-state index contributed by atoms with van der Waals surface area (Å²) in [4.78, 5) is 17.9. The highest BCUT2D eigenvalue weighted by molar-refractivity contribution is 6.31. The molecule has 2 N–H and O–H groups in total. The number of rotatable bonds is 2. The Balaban J connectivity index is 2.35. The first-order chi connectivity index (χ1) is 7.16. The van der Waals surface area contributed by atoms with E-state index < -0.39 is 0 Å². The van der Waals surface area contributed by atoms with E-state index in [0.717, 1.165) is 16.6 Å². The zero-order valence-electron chi connectivity index (χ0n) is 8.17. The van der Waals surface area contributed by atoms with E-state index in [0.29, 0.717) is 11.6 Å². The topological polar surface area (TPSA) is 57.8 Å². The third-order valence-corrected chi connectivity index (χ3v) is 2.32. The Kier molecular flexibility index (Phi) is 2.60. The SMILES string of the molecule is CC(=O)NCc1c[nH]c2ncc(Cl)cc12. The minimum absolute atomic E-state index is 0.0562. The number of halogens is 1. The van der Waals surface area contributed by atoms with Gasteiger partial charge in [0, 0.05) is 31.2 Å². The fourth-order valence-electron chi connectivity index (χ4n) is 1.40. The molecule has 78 valence electrons. The monoisotopic (exact) mass is 223 g/mol. The molecule has 2 aromatic rings. The number of fused-ring (bicyclic) bond motifs is 1. The Bertz CT molecular complexity index is 506. The summed E-state index contributed by atoms with van der Waals surface area (Å²) in [5, 5.41) is 4.26. The second-order valence-electron chi connectivity index (χ2n) is 3.27. The predicted molar refractivity (Wildman–Crippen MR) is 58.6 cm³/mol. The number of pyridine rings is 1. The summed E-state index contributed by atoms with van der Waals surface area (Å²) in [5.74, 6) is -0.0562. The molecule has 0 bridgehead atoms. The van der Waals surface area contributed by atoms with Crippen molar-refractivity contribution in [2.24, 2.45) is 0 Å². The van der Waals surface area contributed by atoms with Gasteiger partial charge in [0.2, 0.25) is 5.91 Å². The van der Waals surface area contributed by atoms with Crippen molar-refractivity contribution >= 4 is 28.5 Å². The Labute approximate surface area is 91.7 Å². The van der Waals surface area contributed by atoms with Gasteiger partial charge in [-0.25, -0.2) is 4.98 Å². The van der Waals surface area contributed by atoms with E-state index in [-0.39, 0.29) is 5.91 Å². The molecule has 0 atom stereocenters. The average Bonchev–Trinajstić information content (AvgIpc) is 2.57. The number of carbonyl (C=O) groups excluding carboxylic acids is 1. The third-order valence-electron chi connectivity index (χ3n) is 2.11. The number of aromatic amines is 1. The van der Waals surface area contributed by atoms with E-state index in [1.807, 2.05) is 12.3 Å². The molecule has 0 aliphatic rings. The highest BCUT2D eigenvalue weighted by Crippen LogP contribution is 2.19. The minimum Gasteiger partial charge on any atom is -0.352 e. The van der Waals surface area contributed by atoms with Crippen molar-refractivity contribution < 1.29 is 4.79 Å². The summed E-state index contributed by atoms with van der Waals surface area (Å²) in [6, 6.07) is 1.83. The summed E-state index contributed by atoms with van der Waals surface area (Å²) in [6.45, 7) is 1.97. The predicted octanol–water partition coefficient (Wildman–Crippen LogP) is 1.85. The van der Waals surface area contributed by atoms with Gasteiger partial charge < -0.3 is 10.3 Å². The molecule has 2 heterocycles. The lowest BCUT2D eigenvalue weighted by Crippen LogP contribution is -2.18. The summed E-state index contributed by atoms with van der Waals surface area (Å²) in [6.07, 6.45) is 3.41. The maximum atomic E-state index is 10.8. The van der Waals surface area contributed by atoms with Crippen LogP contribution in [-0.2, 0) is 11.3 Å². The standard InChI is InChI=1S/C10H10ClN3O/c1-6(15)12-3-7-4-13-10-9(7)2-8(11)5-14-10/h2,4-5H,3H2,1H3,(H,12,15)(H,13,14). The van der Waals surface area contributed by atoms with Gasteiger partial charge >= 0.3 is 0 Å². The molecule has 0 unspecified atom stereocenters. The van der Waals surface area contributed by atoms with E-state index in [9.17, 15) is 4.79 Å². The molecule has 0 spiro atoms. The van der Waals surface area contributed by atoms with Gasteiger partial charge in [-0.3, -0.25) is 4.79 Å². The Morgan fingerprint density at radius 3 is 3.20 bits per heavy atom. The second kappa shape index (κ2) is 3.90. The molecule has 0 aromatic carbocycles. The highest BCUT2D eigenvalue weighted by atomic mass is 35.5. The van der Waals surface area contributed by atoms with Crippen LogP contribution in [0.2, 0.25) is 5.02 Å². The summed E-state index contributed by atoms with van der Waals surface area (Å²) >= 11 is 5.85. The maximum absolute atomic E-state index is 10.8. The Morgan fingerprint density at radius 2 is 2.47 bits per heavy atom. The van der Waals surface area contributed by atoms with Gasteiger partial charge in [0.25, 0.3) is 0 Å². The minimum atomic E-state index is -0.0562. The van der Waals surface area contributed by atoms with E-state index in [2.05, 4.69) is 15.3 Å². The van der Waals surface area contributed by atoms with Gasteiger partial charge in [-0.2, -0.15) is 0 Å². The second-order valence-corrected chi connectivity index (χ2v) is 3.71. The Morgan fingerprint density at radius 1 is 1.67 bits per heavy atom. The number of amides is 1. The number of hydrogen-bond donors (Lipinski definition) is 2.